The van der Waals surface area contributed by atoms with Gasteiger partial charge < -0.3 is 15.2 Å². The molecule has 4 heteroatoms. The van der Waals surface area contributed by atoms with Crippen molar-refractivity contribution in [2.75, 3.05) is 6.54 Å². The quantitative estimate of drug-likeness (QED) is 0.813. The second-order valence-corrected chi connectivity index (χ2v) is 3.80. The van der Waals surface area contributed by atoms with Crippen LogP contribution in [-0.4, -0.2) is 11.5 Å². The average Bonchev–Trinajstić information content (AvgIpc) is 2.54. The monoisotopic (exact) mass is 228 g/mol. The summed E-state index contributed by atoms with van der Waals surface area (Å²) in [5.74, 6) is 2.10. The van der Waals surface area contributed by atoms with Crippen LogP contribution in [0.5, 0.6) is 17.2 Å². The van der Waals surface area contributed by atoms with Crippen LogP contribution in [0.4, 0.5) is 0 Å². The molecule has 4 nitrogen and oxygen atoms in total. The van der Waals surface area contributed by atoms with Gasteiger partial charge in [-0.15, -0.1) is 0 Å². The predicted molar refractivity (Wildman–Crippen MR) is 63.2 cm³/mol. The van der Waals surface area contributed by atoms with Gasteiger partial charge in [0, 0.05) is 18.3 Å². The summed E-state index contributed by atoms with van der Waals surface area (Å²) >= 11 is 0. The molecule has 1 aliphatic heterocycles. The maximum atomic E-state index is 5.85. The molecule has 2 N–H and O–H groups in total. The van der Waals surface area contributed by atoms with Gasteiger partial charge in [0.1, 0.15) is 6.10 Å². The highest BCUT2D eigenvalue weighted by Gasteiger charge is 2.23. The van der Waals surface area contributed by atoms with Gasteiger partial charge in [-0.2, -0.15) is 0 Å². The van der Waals surface area contributed by atoms with Crippen LogP contribution in [-0.2, 0) is 0 Å². The van der Waals surface area contributed by atoms with E-state index in [2.05, 4.69) is 4.98 Å². The molecule has 0 aliphatic carbocycles. The minimum atomic E-state index is -0.198. The van der Waals surface area contributed by atoms with Crippen molar-refractivity contribution < 1.29 is 9.47 Å². The fourth-order valence-corrected chi connectivity index (χ4v) is 1.88. The molecule has 1 aromatic heterocycles. The highest BCUT2D eigenvalue weighted by atomic mass is 16.5. The molecule has 0 saturated heterocycles. The molecule has 0 unspecified atom stereocenters. The fraction of sp³-hybridized carbons (Fsp3) is 0.154. The van der Waals surface area contributed by atoms with Gasteiger partial charge in [0.05, 0.1) is 6.20 Å². The van der Waals surface area contributed by atoms with E-state index in [4.69, 9.17) is 15.2 Å². The summed E-state index contributed by atoms with van der Waals surface area (Å²) in [4.78, 5) is 4.06. The first-order valence-electron chi connectivity index (χ1n) is 5.46. The maximum absolute atomic E-state index is 5.85. The zero-order chi connectivity index (χ0) is 11.7. The van der Waals surface area contributed by atoms with E-state index in [1.54, 1.807) is 12.4 Å². The molecule has 0 bridgehead atoms. The first-order valence-corrected chi connectivity index (χ1v) is 5.46. The van der Waals surface area contributed by atoms with E-state index in [1.807, 2.05) is 30.3 Å². The number of para-hydroxylation sites is 2. The summed E-state index contributed by atoms with van der Waals surface area (Å²) in [5, 5.41) is 0. The van der Waals surface area contributed by atoms with Crippen molar-refractivity contribution in [3.05, 3.63) is 48.3 Å². The molecule has 3 rings (SSSR count). The van der Waals surface area contributed by atoms with Gasteiger partial charge in [0.25, 0.3) is 0 Å². The van der Waals surface area contributed by atoms with Gasteiger partial charge in [-0.05, 0) is 18.2 Å². The third-order valence-corrected chi connectivity index (χ3v) is 2.72. The normalized spacial score (nSPS) is 17.1. The van der Waals surface area contributed by atoms with Crippen LogP contribution in [0, 0.1) is 0 Å². The van der Waals surface area contributed by atoms with Crippen molar-refractivity contribution in [3.8, 4) is 17.2 Å². The Balaban J connectivity index is 2.13. The summed E-state index contributed by atoms with van der Waals surface area (Å²) in [7, 11) is 0. The standard InChI is InChI=1S/C13H12N2O2/c14-7-12-9-5-6-15-8-13(9)17-11-4-2-1-3-10(11)16-12/h1-6,8,12H,7,14H2/t12-/m1/s1. The van der Waals surface area contributed by atoms with Crippen molar-refractivity contribution in [2.24, 2.45) is 5.73 Å². The van der Waals surface area contributed by atoms with Crippen molar-refractivity contribution in [1.29, 1.82) is 0 Å². The molecule has 0 amide bonds. The summed E-state index contributed by atoms with van der Waals surface area (Å²) in [6.45, 7) is 0.398. The number of benzene rings is 1. The number of fused-ring (bicyclic) bond motifs is 2. The molecule has 86 valence electrons. The Morgan fingerprint density at radius 2 is 1.94 bits per heavy atom. The Morgan fingerprint density at radius 3 is 2.76 bits per heavy atom. The van der Waals surface area contributed by atoms with E-state index in [-0.39, 0.29) is 6.10 Å². The number of ether oxygens (including phenoxy) is 2. The van der Waals surface area contributed by atoms with Crippen LogP contribution in [0.25, 0.3) is 0 Å². The molecular weight excluding hydrogens is 216 g/mol. The Labute approximate surface area is 99.0 Å². The zero-order valence-corrected chi connectivity index (χ0v) is 9.17. The molecule has 2 aromatic rings. The minimum Gasteiger partial charge on any atom is -0.480 e. The SMILES string of the molecule is NC[C@H]1Oc2ccccc2Oc2cnccc21. The number of hydrogen-bond acceptors (Lipinski definition) is 4. The zero-order valence-electron chi connectivity index (χ0n) is 9.17. The topological polar surface area (TPSA) is 57.4 Å². The predicted octanol–water partition coefficient (Wildman–Crippen LogP) is 2.27. The van der Waals surface area contributed by atoms with Crippen LogP contribution in [0.3, 0.4) is 0 Å². The Kier molecular flexibility index (Phi) is 2.42. The molecule has 0 spiro atoms. The number of hydrogen-bond donors (Lipinski definition) is 1. The third kappa shape index (κ3) is 1.72. The Morgan fingerprint density at radius 1 is 1.12 bits per heavy atom. The van der Waals surface area contributed by atoms with Gasteiger partial charge in [-0.25, -0.2) is 0 Å². The lowest BCUT2D eigenvalue weighted by atomic mass is 10.1. The van der Waals surface area contributed by atoms with E-state index in [0.717, 1.165) is 5.56 Å². The van der Waals surface area contributed by atoms with Crippen LogP contribution >= 0.6 is 0 Å². The third-order valence-electron chi connectivity index (χ3n) is 2.72. The largest absolute Gasteiger partial charge is 0.480 e. The highest BCUT2D eigenvalue weighted by molar-refractivity contribution is 5.47. The minimum absolute atomic E-state index is 0.198. The van der Waals surface area contributed by atoms with E-state index in [1.165, 1.54) is 0 Å². The first kappa shape index (κ1) is 10.1. The second kappa shape index (κ2) is 4.07. The lowest BCUT2D eigenvalue weighted by molar-refractivity contribution is 0.216. The van der Waals surface area contributed by atoms with Crippen molar-refractivity contribution in [3.63, 3.8) is 0 Å². The van der Waals surface area contributed by atoms with E-state index < -0.39 is 0 Å². The lowest BCUT2D eigenvalue weighted by Gasteiger charge is -2.15. The van der Waals surface area contributed by atoms with Gasteiger partial charge in [-0.3, -0.25) is 4.98 Å². The van der Waals surface area contributed by atoms with Crippen molar-refractivity contribution in [1.82, 2.24) is 4.98 Å². The molecule has 1 aromatic carbocycles. The molecule has 1 aliphatic rings. The molecule has 0 saturated carbocycles. The molecule has 1 atom stereocenters. The Bertz CT molecular complexity index is 542. The van der Waals surface area contributed by atoms with Crippen LogP contribution in [0.1, 0.15) is 11.7 Å². The molecule has 17 heavy (non-hydrogen) atoms. The number of aromatic nitrogens is 1. The number of nitrogens with two attached hydrogens (primary N) is 1. The molecule has 2 heterocycles. The Hall–Kier alpha value is -2.07. The van der Waals surface area contributed by atoms with Crippen molar-refractivity contribution in [2.45, 2.75) is 6.10 Å². The summed E-state index contributed by atoms with van der Waals surface area (Å²) in [6, 6.07) is 9.42. The lowest BCUT2D eigenvalue weighted by Crippen LogP contribution is -2.17. The van der Waals surface area contributed by atoms with E-state index in [9.17, 15) is 0 Å². The van der Waals surface area contributed by atoms with E-state index in [0.29, 0.717) is 23.8 Å². The summed E-state index contributed by atoms with van der Waals surface area (Å²) in [5.41, 5.74) is 6.67. The number of nitrogens with zero attached hydrogens (tertiary/aromatic N) is 1. The highest BCUT2D eigenvalue weighted by Crippen LogP contribution is 2.40. The average molecular weight is 228 g/mol. The number of pyridine rings is 1. The van der Waals surface area contributed by atoms with Crippen LogP contribution in [0.2, 0.25) is 0 Å². The molecular formula is C13H12N2O2. The second-order valence-electron chi connectivity index (χ2n) is 3.80. The van der Waals surface area contributed by atoms with Gasteiger partial charge >= 0.3 is 0 Å². The van der Waals surface area contributed by atoms with Crippen LogP contribution < -0.4 is 15.2 Å². The summed E-state index contributed by atoms with van der Waals surface area (Å²) < 4.78 is 11.6. The van der Waals surface area contributed by atoms with E-state index >= 15 is 0 Å². The van der Waals surface area contributed by atoms with Gasteiger partial charge in [0.2, 0.25) is 0 Å². The van der Waals surface area contributed by atoms with Crippen molar-refractivity contribution >= 4 is 0 Å². The molecule has 0 radical (unpaired) electrons. The van der Waals surface area contributed by atoms with Gasteiger partial charge in [-0.1, -0.05) is 12.1 Å². The summed E-state index contributed by atoms with van der Waals surface area (Å²) in [6.07, 6.45) is 3.20. The number of rotatable bonds is 1. The maximum Gasteiger partial charge on any atom is 0.169 e. The fourth-order valence-electron chi connectivity index (χ4n) is 1.88. The smallest absolute Gasteiger partial charge is 0.169 e. The van der Waals surface area contributed by atoms with Gasteiger partial charge in [0.15, 0.2) is 17.2 Å². The molecule has 0 fully saturated rings. The van der Waals surface area contributed by atoms with Crippen LogP contribution in [0.15, 0.2) is 42.7 Å². The first-order chi connectivity index (χ1) is 8.38.